The minimum atomic E-state index is -0.441. The Balaban J connectivity index is 2.01. The van der Waals surface area contributed by atoms with Gasteiger partial charge in [0.15, 0.2) is 0 Å². The Kier molecular flexibility index (Phi) is 3.93. The highest BCUT2D eigenvalue weighted by Crippen LogP contribution is 2.30. The number of hydrogen-bond acceptors (Lipinski definition) is 3. The molecule has 1 unspecified atom stereocenters. The number of nitrogens with two attached hydrogens (primary N) is 1. The van der Waals surface area contributed by atoms with Crippen molar-refractivity contribution >= 4 is 11.8 Å². The van der Waals surface area contributed by atoms with Gasteiger partial charge in [-0.05, 0) is 51.3 Å². The molecule has 1 aliphatic rings. The summed E-state index contributed by atoms with van der Waals surface area (Å²) in [5, 5.41) is 0. The normalized spacial score (nSPS) is 19.2. The minimum absolute atomic E-state index is 0.222. The van der Waals surface area contributed by atoms with Crippen molar-refractivity contribution in [3.8, 4) is 0 Å². The number of nitrogen functional groups attached to an aromatic ring is 1. The summed E-state index contributed by atoms with van der Waals surface area (Å²) >= 11 is 0. The smallest absolute Gasteiger partial charge is 0.410 e. The molecule has 1 atom stereocenters. The molecular weight excluding hydrogens is 252 g/mol. The van der Waals surface area contributed by atoms with Gasteiger partial charge in [0.2, 0.25) is 0 Å². The van der Waals surface area contributed by atoms with E-state index in [1.54, 1.807) is 4.90 Å². The summed E-state index contributed by atoms with van der Waals surface area (Å²) in [5.41, 5.74) is 8.64. The van der Waals surface area contributed by atoms with Gasteiger partial charge in [0.05, 0.1) is 0 Å². The maximum Gasteiger partial charge on any atom is 0.410 e. The Hall–Kier alpha value is -1.71. The summed E-state index contributed by atoms with van der Waals surface area (Å²) in [6, 6.07) is 6.17. The lowest BCUT2D eigenvalue weighted by atomic mass is 9.97. The molecule has 0 bridgehead atoms. The van der Waals surface area contributed by atoms with Crippen molar-refractivity contribution in [2.45, 2.75) is 45.6 Å². The molecule has 1 fully saturated rings. The number of benzene rings is 1. The molecule has 0 aliphatic carbocycles. The summed E-state index contributed by atoms with van der Waals surface area (Å²) in [5.74, 6) is 0.352. The van der Waals surface area contributed by atoms with E-state index in [4.69, 9.17) is 10.5 Å². The zero-order chi connectivity index (χ0) is 14.9. The summed E-state index contributed by atoms with van der Waals surface area (Å²) in [6.07, 6.45) is 0.738. The first-order valence-electron chi connectivity index (χ1n) is 7.10. The first-order chi connectivity index (χ1) is 9.26. The monoisotopic (exact) mass is 276 g/mol. The van der Waals surface area contributed by atoms with Crippen LogP contribution in [0.4, 0.5) is 10.5 Å². The predicted molar refractivity (Wildman–Crippen MR) is 80.8 cm³/mol. The van der Waals surface area contributed by atoms with E-state index >= 15 is 0 Å². The van der Waals surface area contributed by atoms with Crippen LogP contribution in [-0.2, 0) is 4.74 Å². The number of carbonyl (C=O) groups excluding carboxylic acids is 1. The average molecular weight is 276 g/mol. The number of nitrogens with zero attached hydrogens (tertiary/aromatic N) is 1. The van der Waals surface area contributed by atoms with Crippen LogP contribution in [0.1, 0.15) is 44.2 Å². The van der Waals surface area contributed by atoms with Gasteiger partial charge in [-0.1, -0.05) is 12.1 Å². The van der Waals surface area contributed by atoms with Crippen LogP contribution in [0.3, 0.4) is 0 Å². The zero-order valence-corrected chi connectivity index (χ0v) is 12.8. The lowest BCUT2D eigenvalue weighted by Crippen LogP contribution is -2.35. The van der Waals surface area contributed by atoms with E-state index in [2.05, 4.69) is 6.07 Å². The van der Waals surface area contributed by atoms with Gasteiger partial charge in [-0.3, -0.25) is 0 Å². The van der Waals surface area contributed by atoms with Crippen LogP contribution in [0.2, 0.25) is 0 Å². The predicted octanol–water partition coefficient (Wildman–Crippen LogP) is 3.30. The van der Waals surface area contributed by atoms with Crippen LogP contribution in [0.25, 0.3) is 0 Å². The van der Waals surface area contributed by atoms with Gasteiger partial charge in [-0.15, -0.1) is 0 Å². The maximum absolute atomic E-state index is 12.0. The van der Waals surface area contributed by atoms with E-state index in [0.717, 1.165) is 24.2 Å². The Morgan fingerprint density at radius 1 is 1.40 bits per heavy atom. The van der Waals surface area contributed by atoms with Gasteiger partial charge in [0.25, 0.3) is 0 Å². The van der Waals surface area contributed by atoms with Gasteiger partial charge in [0, 0.05) is 24.7 Å². The van der Waals surface area contributed by atoms with Gasteiger partial charge in [-0.25, -0.2) is 4.79 Å². The van der Waals surface area contributed by atoms with Crippen molar-refractivity contribution < 1.29 is 9.53 Å². The molecule has 110 valence electrons. The molecule has 2 N–H and O–H groups in total. The van der Waals surface area contributed by atoms with Crippen LogP contribution in [0, 0.1) is 6.92 Å². The van der Waals surface area contributed by atoms with Crippen LogP contribution >= 0.6 is 0 Å². The van der Waals surface area contributed by atoms with Crippen molar-refractivity contribution in [1.82, 2.24) is 4.90 Å². The summed E-state index contributed by atoms with van der Waals surface area (Å²) in [4.78, 5) is 13.8. The largest absolute Gasteiger partial charge is 0.444 e. The Bertz CT molecular complexity index is 506. The van der Waals surface area contributed by atoms with Crippen LogP contribution in [-0.4, -0.2) is 29.7 Å². The zero-order valence-electron chi connectivity index (χ0n) is 12.8. The van der Waals surface area contributed by atoms with Crippen molar-refractivity contribution in [3.63, 3.8) is 0 Å². The highest BCUT2D eigenvalue weighted by Gasteiger charge is 2.30. The highest BCUT2D eigenvalue weighted by molar-refractivity contribution is 5.68. The Morgan fingerprint density at radius 2 is 2.10 bits per heavy atom. The lowest BCUT2D eigenvalue weighted by molar-refractivity contribution is 0.0292. The van der Waals surface area contributed by atoms with Crippen LogP contribution in [0.15, 0.2) is 18.2 Å². The summed E-state index contributed by atoms with van der Waals surface area (Å²) in [7, 11) is 0. The van der Waals surface area contributed by atoms with Gasteiger partial charge >= 0.3 is 6.09 Å². The van der Waals surface area contributed by atoms with Crippen molar-refractivity contribution in [2.75, 3.05) is 18.8 Å². The van der Waals surface area contributed by atoms with E-state index in [1.165, 1.54) is 5.56 Å². The number of rotatable bonds is 1. The van der Waals surface area contributed by atoms with Crippen LogP contribution < -0.4 is 5.73 Å². The van der Waals surface area contributed by atoms with Gasteiger partial charge in [-0.2, -0.15) is 0 Å². The topological polar surface area (TPSA) is 55.6 Å². The fraction of sp³-hybridized carbons (Fsp3) is 0.562. The summed E-state index contributed by atoms with van der Waals surface area (Å²) in [6.45, 7) is 9.11. The number of likely N-dealkylation sites (tertiary alicyclic amines) is 1. The number of aryl methyl sites for hydroxylation is 1. The van der Waals surface area contributed by atoms with Crippen molar-refractivity contribution in [1.29, 1.82) is 0 Å². The minimum Gasteiger partial charge on any atom is -0.444 e. The summed E-state index contributed by atoms with van der Waals surface area (Å²) < 4.78 is 5.41. The molecule has 0 radical (unpaired) electrons. The fourth-order valence-corrected chi connectivity index (χ4v) is 2.44. The number of ether oxygens (including phenoxy) is 1. The Morgan fingerprint density at radius 3 is 2.70 bits per heavy atom. The molecule has 2 rings (SSSR count). The third-order valence-corrected chi connectivity index (χ3v) is 3.61. The average Bonchev–Trinajstić information content (AvgIpc) is 2.80. The molecule has 4 heteroatoms. The second kappa shape index (κ2) is 5.35. The van der Waals surface area contributed by atoms with E-state index in [0.29, 0.717) is 12.5 Å². The lowest BCUT2D eigenvalue weighted by Gasteiger charge is -2.24. The van der Waals surface area contributed by atoms with Gasteiger partial charge < -0.3 is 15.4 Å². The fourth-order valence-electron chi connectivity index (χ4n) is 2.44. The molecule has 1 aromatic carbocycles. The molecule has 0 aromatic heterocycles. The molecule has 1 aromatic rings. The highest BCUT2D eigenvalue weighted by atomic mass is 16.6. The maximum atomic E-state index is 12.0. The van der Waals surface area contributed by atoms with Gasteiger partial charge in [0.1, 0.15) is 5.60 Å². The molecule has 0 saturated carbocycles. The number of carbonyl (C=O) groups is 1. The van der Waals surface area contributed by atoms with E-state index < -0.39 is 5.60 Å². The molecular formula is C16H24N2O2. The standard InChI is InChI=1S/C16H24N2O2/c1-11-5-6-12(9-14(11)17)13-7-8-18(10-13)15(19)20-16(2,3)4/h5-6,9,13H,7-8,10,17H2,1-4H3. The number of amides is 1. The van der Waals surface area contributed by atoms with Crippen LogP contribution in [0.5, 0.6) is 0 Å². The molecule has 1 amide bonds. The molecule has 0 spiro atoms. The van der Waals surface area contributed by atoms with Crippen molar-refractivity contribution in [2.24, 2.45) is 0 Å². The van der Waals surface area contributed by atoms with E-state index in [1.807, 2.05) is 39.8 Å². The number of anilines is 1. The molecule has 1 aliphatic heterocycles. The van der Waals surface area contributed by atoms with E-state index in [-0.39, 0.29) is 6.09 Å². The molecule has 1 saturated heterocycles. The molecule has 4 nitrogen and oxygen atoms in total. The third kappa shape index (κ3) is 3.44. The Labute approximate surface area is 120 Å². The quantitative estimate of drug-likeness (QED) is 0.801. The second-order valence-electron chi connectivity index (χ2n) is 6.53. The third-order valence-electron chi connectivity index (χ3n) is 3.61. The van der Waals surface area contributed by atoms with Crippen molar-refractivity contribution in [3.05, 3.63) is 29.3 Å². The molecule has 20 heavy (non-hydrogen) atoms. The first kappa shape index (κ1) is 14.7. The second-order valence-corrected chi connectivity index (χ2v) is 6.53. The number of hydrogen-bond donors (Lipinski definition) is 1. The molecule has 1 heterocycles. The van der Waals surface area contributed by atoms with E-state index in [9.17, 15) is 4.79 Å². The first-order valence-corrected chi connectivity index (χ1v) is 7.10. The SMILES string of the molecule is Cc1ccc(C2CCN(C(=O)OC(C)(C)C)C2)cc1N.